The fraction of sp³-hybridized carbons (Fsp3) is 0.389. The molecule has 1 aliphatic heterocycles. The molecule has 0 saturated carbocycles. The van der Waals surface area contributed by atoms with E-state index in [0.717, 1.165) is 36.4 Å². The smallest absolute Gasteiger partial charge is 0.328 e. The second-order valence-corrected chi connectivity index (χ2v) is 5.52. The Kier molecular flexibility index (Phi) is 10.2. The number of amides is 1. The van der Waals surface area contributed by atoms with Crippen LogP contribution in [0.2, 0.25) is 0 Å². The van der Waals surface area contributed by atoms with E-state index in [1.807, 2.05) is 18.2 Å². The van der Waals surface area contributed by atoms with Crippen molar-refractivity contribution in [3.8, 4) is 5.75 Å². The second kappa shape index (κ2) is 12.4. The lowest BCUT2D eigenvalue weighted by molar-refractivity contribution is -0.134. The molecule has 27 heavy (non-hydrogen) atoms. The Balaban J connectivity index is 0.000000387. The van der Waals surface area contributed by atoms with E-state index in [2.05, 4.69) is 10.6 Å². The zero-order valence-corrected chi connectivity index (χ0v) is 14.8. The van der Waals surface area contributed by atoms with Gasteiger partial charge in [-0.3, -0.25) is 4.79 Å². The van der Waals surface area contributed by atoms with Crippen LogP contribution in [0.5, 0.6) is 5.75 Å². The van der Waals surface area contributed by atoms with Gasteiger partial charge in [-0.25, -0.2) is 9.59 Å². The van der Waals surface area contributed by atoms with Crippen molar-refractivity contribution in [3.05, 3.63) is 35.9 Å². The molecule has 9 heteroatoms. The van der Waals surface area contributed by atoms with Gasteiger partial charge in [0, 0.05) is 36.4 Å². The molecule has 1 aromatic rings. The van der Waals surface area contributed by atoms with Crippen molar-refractivity contribution in [2.75, 3.05) is 31.6 Å². The zero-order chi connectivity index (χ0) is 20.1. The second-order valence-electron chi connectivity index (χ2n) is 5.52. The molecule has 0 aliphatic carbocycles. The number of aliphatic hydroxyl groups excluding tert-OH is 1. The third-order valence-electron chi connectivity index (χ3n) is 3.42. The number of fused-ring (bicyclic) bond motifs is 1. The van der Waals surface area contributed by atoms with Crippen molar-refractivity contribution < 1.29 is 34.4 Å². The minimum atomic E-state index is -1.26. The molecule has 0 unspecified atom stereocenters. The van der Waals surface area contributed by atoms with Crippen LogP contribution in [-0.4, -0.2) is 59.5 Å². The summed E-state index contributed by atoms with van der Waals surface area (Å²) in [4.78, 5) is 30.4. The first kappa shape index (κ1) is 22.1. The number of hydrogen-bond acceptors (Lipinski definition) is 6. The number of rotatable bonds is 9. The maximum absolute atomic E-state index is 11.3. The topological polar surface area (TPSA) is 145 Å². The van der Waals surface area contributed by atoms with Gasteiger partial charge < -0.3 is 30.7 Å². The van der Waals surface area contributed by atoms with E-state index in [9.17, 15) is 14.4 Å². The monoisotopic (exact) mass is 380 g/mol. The summed E-state index contributed by atoms with van der Waals surface area (Å²) < 4.78 is 5.77. The molecule has 0 bridgehead atoms. The van der Waals surface area contributed by atoms with Crippen LogP contribution in [0, 0.1) is 0 Å². The molecular formula is C18H24N2O7. The van der Waals surface area contributed by atoms with E-state index in [1.54, 1.807) is 0 Å². The molecule has 0 fully saturated rings. The lowest BCUT2D eigenvalue weighted by Gasteiger charge is -2.20. The molecule has 148 valence electrons. The first-order valence-electron chi connectivity index (χ1n) is 8.44. The van der Waals surface area contributed by atoms with Crippen LogP contribution >= 0.6 is 0 Å². The summed E-state index contributed by atoms with van der Waals surface area (Å²) in [6, 6.07) is 5.74. The molecule has 0 spiro atoms. The van der Waals surface area contributed by atoms with Crippen molar-refractivity contribution in [1.29, 1.82) is 0 Å². The lowest BCUT2D eigenvalue weighted by Crippen LogP contribution is -2.21. The van der Waals surface area contributed by atoms with E-state index in [1.165, 1.54) is 0 Å². The summed E-state index contributed by atoms with van der Waals surface area (Å²) in [5.41, 5.74) is 1.96. The van der Waals surface area contributed by atoms with Crippen LogP contribution in [-0.2, 0) is 20.8 Å². The van der Waals surface area contributed by atoms with Gasteiger partial charge in [-0.2, -0.15) is 0 Å². The number of benzene rings is 1. The van der Waals surface area contributed by atoms with Crippen molar-refractivity contribution in [2.45, 2.75) is 19.3 Å². The van der Waals surface area contributed by atoms with Crippen LogP contribution in [0.25, 0.3) is 0 Å². The first-order valence-corrected chi connectivity index (χ1v) is 8.44. The van der Waals surface area contributed by atoms with Crippen molar-refractivity contribution >= 4 is 23.5 Å². The minimum Gasteiger partial charge on any atom is -0.493 e. The van der Waals surface area contributed by atoms with Gasteiger partial charge in [0.15, 0.2) is 0 Å². The van der Waals surface area contributed by atoms with Gasteiger partial charge in [0.25, 0.3) is 0 Å². The number of carbonyl (C=O) groups excluding carboxylic acids is 1. The molecule has 0 radical (unpaired) electrons. The number of carboxylic acids is 2. The Labute approximate surface area is 156 Å². The largest absolute Gasteiger partial charge is 0.493 e. The first-order chi connectivity index (χ1) is 12.9. The van der Waals surface area contributed by atoms with E-state index in [4.69, 9.17) is 20.1 Å². The molecule has 1 aliphatic rings. The molecule has 2 rings (SSSR count). The Morgan fingerprint density at radius 3 is 2.48 bits per heavy atom. The van der Waals surface area contributed by atoms with Crippen LogP contribution in [0.4, 0.5) is 5.69 Å². The number of carbonyl (C=O) groups is 3. The highest BCUT2D eigenvalue weighted by atomic mass is 16.5. The summed E-state index contributed by atoms with van der Waals surface area (Å²) in [6.07, 6.45) is 3.26. The Morgan fingerprint density at radius 2 is 1.85 bits per heavy atom. The molecule has 0 saturated heterocycles. The van der Waals surface area contributed by atoms with Crippen LogP contribution in [0.3, 0.4) is 0 Å². The molecule has 1 aromatic carbocycles. The van der Waals surface area contributed by atoms with Gasteiger partial charge in [0.1, 0.15) is 5.75 Å². The summed E-state index contributed by atoms with van der Waals surface area (Å²) in [5.74, 6) is -1.59. The number of carboxylic acid groups (broad SMARTS) is 2. The number of anilines is 1. The van der Waals surface area contributed by atoms with Gasteiger partial charge in [0.05, 0.1) is 13.2 Å². The highest BCUT2D eigenvalue weighted by molar-refractivity contribution is 5.94. The summed E-state index contributed by atoms with van der Waals surface area (Å²) in [5, 5.41) is 30.2. The minimum absolute atomic E-state index is 0.0675. The highest BCUT2D eigenvalue weighted by Gasteiger charge is 2.17. The molecule has 1 heterocycles. The fourth-order valence-electron chi connectivity index (χ4n) is 2.25. The van der Waals surface area contributed by atoms with Gasteiger partial charge in [-0.15, -0.1) is 0 Å². The van der Waals surface area contributed by atoms with Gasteiger partial charge >= 0.3 is 11.9 Å². The van der Waals surface area contributed by atoms with E-state index in [-0.39, 0.29) is 12.5 Å². The zero-order valence-electron chi connectivity index (χ0n) is 14.8. The van der Waals surface area contributed by atoms with Crippen LogP contribution in [0.15, 0.2) is 30.4 Å². The van der Waals surface area contributed by atoms with Gasteiger partial charge in [0.2, 0.25) is 5.91 Å². The van der Waals surface area contributed by atoms with Crippen molar-refractivity contribution in [2.24, 2.45) is 0 Å². The third-order valence-corrected chi connectivity index (χ3v) is 3.42. The molecular weight excluding hydrogens is 356 g/mol. The normalized spacial score (nSPS) is 12.6. The molecule has 0 atom stereocenters. The van der Waals surface area contributed by atoms with Crippen LogP contribution < -0.4 is 15.4 Å². The van der Waals surface area contributed by atoms with E-state index < -0.39 is 11.9 Å². The predicted octanol–water partition coefficient (Wildman–Crippen LogP) is 0.634. The summed E-state index contributed by atoms with van der Waals surface area (Å²) >= 11 is 0. The van der Waals surface area contributed by atoms with E-state index in [0.29, 0.717) is 31.7 Å². The number of hydrogen-bond donors (Lipinski definition) is 5. The standard InChI is InChI=1S/C14H20N2O3.C4H4O4/c17-9-8-15-7-2-10-19-13-4-1-3-12-11(13)5-6-14(18)16-12;5-3(6)1-2-4(7)8/h1,3-4,15,17H,2,5-10H2,(H,16,18);1-2H,(H,5,6)(H,7,8)/b;2-1-. The highest BCUT2D eigenvalue weighted by Crippen LogP contribution is 2.30. The third kappa shape index (κ3) is 9.38. The number of ether oxygens (including phenoxy) is 1. The van der Waals surface area contributed by atoms with Crippen LogP contribution in [0.1, 0.15) is 18.4 Å². The van der Waals surface area contributed by atoms with Crippen molar-refractivity contribution in [3.63, 3.8) is 0 Å². The average molecular weight is 380 g/mol. The number of nitrogens with one attached hydrogen (secondary N) is 2. The average Bonchev–Trinajstić information content (AvgIpc) is 2.63. The molecule has 0 aromatic heterocycles. The Hall–Kier alpha value is -2.91. The Bertz CT molecular complexity index is 658. The predicted molar refractivity (Wildman–Crippen MR) is 97.9 cm³/mol. The van der Waals surface area contributed by atoms with Crippen molar-refractivity contribution in [1.82, 2.24) is 5.32 Å². The maximum atomic E-state index is 11.3. The lowest BCUT2D eigenvalue weighted by atomic mass is 10.0. The Morgan fingerprint density at radius 1 is 1.15 bits per heavy atom. The molecule has 9 nitrogen and oxygen atoms in total. The quantitative estimate of drug-likeness (QED) is 0.310. The summed E-state index contributed by atoms with van der Waals surface area (Å²) in [7, 11) is 0. The molecule has 5 N–H and O–H groups in total. The molecule has 1 amide bonds. The van der Waals surface area contributed by atoms with E-state index >= 15 is 0 Å². The van der Waals surface area contributed by atoms with Gasteiger partial charge in [-0.1, -0.05) is 6.07 Å². The maximum Gasteiger partial charge on any atom is 0.328 e. The number of aliphatic hydroxyl groups is 1. The fourth-order valence-corrected chi connectivity index (χ4v) is 2.25. The number of aliphatic carboxylic acids is 2. The summed E-state index contributed by atoms with van der Waals surface area (Å²) in [6.45, 7) is 2.23. The van der Waals surface area contributed by atoms with Gasteiger partial charge in [-0.05, 0) is 31.5 Å². The SMILES string of the molecule is O=C(O)/C=C\C(=O)O.O=C1CCc2c(cccc2OCCCNCCO)N1.